The molecule has 0 bridgehead atoms. The average molecular weight is 461 g/mol. The second-order valence-corrected chi connectivity index (χ2v) is 9.63. The van der Waals surface area contributed by atoms with Crippen LogP contribution in [-0.4, -0.2) is 14.7 Å². The molecule has 4 aromatic rings. The zero-order valence-corrected chi connectivity index (χ0v) is 19.3. The lowest BCUT2D eigenvalue weighted by molar-refractivity contribution is 0.433. The quantitative estimate of drug-likeness (QED) is 0.403. The van der Waals surface area contributed by atoms with Gasteiger partial charge in [-0.3, -0.25) is 9.36 Å². The molecule has 0 radical (unpaired) electrons. The number of rotatable bonds is 5. The third-order valence-corrected chi connectivity index (χ3v) is 7.54. The molecule has 0 saturated carbocycles. The minimum Gasteiger partial charge on any atom is -0.504 e. The highest BCUT2D eigenvalue weighted by Gasteiger charge is 2.23. The molecule has 0 aliphatic heterocycles. The second-order valence-electron chi connectivity index (χ2n) is 8.49. The van der Waals surface area contributed by atoms with Crippen LogP contribution in [0.3, 0.4) is 0 Å². The molecule has 5 rings (SSSR count). The first kappa shape index (κ1) is 21.6. The van der Waals surface area contributed by atoms with Crippen LogP contribution in [0.15, 0.2) is 59.4 Å². The number of aryl methyl sites for hydroxylation is 4. The molecule has 0 saturated heterocycles. The fourth-order valence-corrected chi connectivity index (χ4v) is 5.90. The lowest BCUT2D eigenvalue weighted by Gasteiger charge is -2.16. The van der Waals surface area contributed by atoms with Crippen molar-refractivity contribution >= 4 is 11.3 Å². The molecule has 6 heteroatoms. The van der Waals surface area contributed by atoms with E-state index in [1.807, 2.05) is 37.3 Å². The number of aromatic hydroxyl groups is 1. The van der Waals surface area contributed by atoms with Gasteiger partial charge in [0.25, 0.3) is 5.56 Å². The maximum absolute atomic E-state index is 14.2. The van der Waals surface area contributed by atoms with Crippen molar-refractivity contribution < 1.29 is 9.50 Å². The SMILES string of the molecule is Cc1nc(-c2cccc(F)c2O)n(CCc2ccccc2)c(=O)c1-c1cc2c(s1)CCCC2. The smallest absolute Gasteiger partial charge is 0.262 e. The molecule has 2 aromatic carbocycles. The molecule has 168 valence electrons. The van der Waals surface area contributed by atoms with Gasteiger partial charge >= 0.3 is 0 Å². The van der Waals surface area contributed by atoms with Gasteiger partial charge in [0, 0.05) is 16.3 Å². The van der Waals surface area contributed by atoms with Gasteiger partial charge in [-0.05, 0) is 68.4 Å². The van der Waals surface area contributed by atoms with Crippen molar-refractivity contribution in [3.63, 3.8) is 0 Å². The Kier molecular flexibility index (Phi) is 5.85. The summed E-state index contributed by atoms with van der Waals surface area (Å²) in [5.41, 5.74) is 3.68. The Morgan fingerprint density at radius 2 is 1.88 bits per heavy atom. The molecular formula is C27H25FN2O2S. The van der Waals surface area contributed by atoms with E-state index in [2.05, 4.69) is 6.07 Å². The molecule has 1 aliphatic rings. The van der Waals surface area contributed by atoms with Gasteiger partial charge in [0.1, 0.15) is 5.82 Å². The van der Waals surface area contributed by atoms with Gasteiger partial charge < -0.3 is 5.11 Å². The molecule has 1 aliphatic carbocycles. The predicted molar refractivity (Wildman–Crippen MR) is 130 cm³/mol. The maximum Gasteiger partial charge on any atom is 0.262 e. The molecule has 0 spiro atoms. The first-order valence-electron chi connectivity index (χ1n) is 11.3. The van der Waals surface area contributed by atoms with Crippen molar-refractivity contribution in [2.45, 2.75) is 45.6 Å². The fourth-order valence-electron chi connectivity index (χ4n) is 4.55. The van der Waals surface area contributed by atoms with Crippen LogP contribution in [0.25, 0.3) is 21.8 Å². The predicted octanol–water partition coefficient (Wildman–Crippen LogP) is 5.91. The minimum atomic E-state index is -0.732. The van der Waals surface area contributed by atoms with Gasteiger partial charge in [-0.2, -0.15) is 0 Å². The van der Waals surface area contributed by atoms with Gasteiger partial charge in [0.2, 0.25) is 0 Å². The number of hydrogen-bond donors (Lipinski definition) is 1. The number of phenolic OH excluding ortho intramolecular Hbond substituents is 1. The van der Waals surface area contributed by atoms with Crippen LogP contribution >= 0.6 is 11.3 Å². The summed E-state index contributed by atoms with van der Waals surface area (Å²) in [6, 6.07) is 16.4. The lowest BCUT2D eigenvalue weighted by Crippen LogP contribution is -2.27. The van der Waals surface area contributed by atoms with Crippen LogP contribution in [0.2, 0.25) is 0 Å². The number of para-hydroxylation sites is 1. The summed E-state index contributed by atoms with van der Waals surface area (Å²) in [5, 5.41) is 10.4. The Hall–Kier alpha value is -3.25. The lowest BCUT2D eigenvalue weighted by atomic mass is 9.98. The number of phenols is 1. The van der Waals surface area contributed by atoms with Crippen molar-refractivity contribution in [1.82, 2.24) is 9.55 Å². The molecule has 0 fully saturated rings. The molecular weight excluding hydrogens is 435 g/mol. The normalized spacial score (nSPS) is 13.2. The van der Waals surface area contributed by atoms with Crippen LogP contribution in [0.1, 0.15) is 34.5 Å². The summed E-state index contributed by atoms with van der Waals surface area (Å²) < 4.78 is 15.7. The highest BCUT2D eigenvalue weighted by Crippen LogP contribution is 2.37. The Morgan fingerprint density at radius 3 is 2.67 bits per heavy atom. The first-order valence-corrected chi connectivity index (χ1v) is 12.1. The Bertz CT molecular complexity index is 1350. The van der Waals surface area contributed by atoms with Crippen molar-refractivity contribution in [3.8, 4) is 27.6 Å². The summed E-state index contributed by atoms with van der Waals surface area (Å²) in [7, 11) is 0. The zero-order valence-electron chi connectivity index (χ0n) is 18.5. The summed E-state index contributed by atoms with van der Waals surface area (Å²) in [6.07, 6.45) is 5.09. The molecule has 1 N–H and O–H groups in total. The van der Waals surface area contributed by atoms with Gasteiger partial charge in [-0.1, -0.05) is 36.4 Å². The monoisotopic (exact) mass is 460 g/mol. The average Bonchev–Trinajstić information content (AvgIpc) is 3.24. The van der Waals surface area contributed by atoms with E-state index in [4.69, 9.17) is 4.98 Å². The summed E-state index contributed by atoms with van der Waals surface area (Å²) in [6.45, 7) is 2.19. The number of benzene rings is 2. The minimum absolute atomic E-state index is 0.157. The van der Waals surface area contributed by atoms with E-state index >= 15 is 0 Å². The Balaban J connectivity index is 1.67. The topological polar surface area (TPSA) is 55.1 Å². The van der Waals surface area contributed by atoms with Gasteiger partial charge in [-0.15, -0.1) is 11.3 Å². The van der Waals surface area contributed by atoms with Crippen LogP contribution < -0.4 is 5.56 Å². The molecule has 33 heavy (non-hydrogen) atoms. The van der Waals surface area contributed by atoms with Crippen molar-refractivity contribution in [2.24, 2.45) is 0 Å². The van der Waals surface area contributed by atoms with Crippen molar-refractivity contribution in [2.75, 3.05) is 0 Å². The Labute approximate surface area is 196 Å². The highest BCUT2D eigenvalue weighted by atomic mass is 32.1. The molecule has 4 nitrogen and oxygen atoms in total. The van der Waals surface area contributed by atoms with E-state index in [9.17, 15) is 14.3 Å². The van der Waals surface area contributed by atoms with Crippen molar-refractivity contribution in [1.29, 1.82) is 0 Å². The molecule has 2 aromatic heterocycles. The number of halogens is 1. The van der Waals surface area contributed by atoms with Crippen LogP contribution in [0.5, 0.6) is 5.75 Å². The maximum atomic E-state index is 14.2. The van der Waals surface area contributed by atoms with E-state index in [1.165, 1.54) is 35.4 Å². The second kappa shape index (κ2) is 8.94. The third-order valence-electron chi connectivity index (χ3n) is 6.29. The standard InChI is InChI=1S/C27H25FN2O2S/c1-17-24(23-16-19-10-5-6-13-22(19)33-23)27(32)30(15-14-18-8-3-2-4-9-18)26(29-17)20-11-7-12-21(28)25(20)31/h2-4,7-9,11-12,16,31H,5-6,10,13-15H2,1H3. The van der Waals surface area contributed by atoms with Crippen LogP contribution in [0, 0.1) is 12.7 Å². The number of thiophene rings is 1. The largest absolute Gasteiger partial charge is 0.504 e. The van der Waals surface area contributed by atoms with Crippen LogP contribution in [-0.2, 0) is 25.8 Å². The van der Waals surface area contributed by atoms with Crippen molar-refractivity contribution in [3.05, 3.63) is 92.5 Å². The summed E-state index contributed by atoms with van der Waals surface area (Å²) in [4.78, 5) is 20.9. The number of aromatic nitrogens is 2. The van der Waals surface area contributed by atoms with E-state index in [1.54, 1.807) is 22.0 Å². The molecule has 0 amide bonds. The molecule has 0 atom stereocenters. The first-order chi connectivity index (χ1) is 16.0. The summed E-state index contributed by atoms with van der Waals surface area (Å²) in [5.74, 6) is -0.934. The van der Waals surface area contributed by atoms with Gasteiger partial charge in [-0.25, -0.2) is 9.37 Å². The zero-order chi connectivity index (χ0) is 22.9. The Morgan fingerprint density at radius 1 is 1.09 bits per heavy atom. The number of fused-ring (bicyclic) bond motifs is 1. The molecule has 2 heterocycles. The highest BCUT2D eigenvalue weighted by molar-refractivity contribution is 7.15. The van der Waals surface area contributed by atoms with Gasteiger partial charge in [0.15, 0.2) is 11.6 Å². The summed E-state index contributed by atoms with van der Waals surface area (Å²) >= 11 is 1.68. The fraction of sp³-hybridized carbons (Fsp3) is 0.259. The molecule has 0 unspecified atom stereocenters. The number of nitrogens with zero attached hydrogens (tertiary/aromatic N) is 2. The van der Waals surface area contributed by atoms with Crippen LogP contribution in [0.4, 0.5) is 4.39 Å². The van der Waals surface area contributed by atoms with E-state index in [-0.39, 0.29) is 16.9 Å². The van der Waals surface area contributed by atoms with E-state index < -0.39 is 11.6 Å². The van der Waals surface area contributed by atoms with E-state index in [0.29, 0.717) is 24.2 Å². The third kappa shape index (κ3) is 4.11. The number of hydrogen-bond acceptors (Lipinski definition) is 4. The van der Waals surface area contributed by atoms with E-state index in [0.717, 1.165) is 23.3 Å². The van der Waals surface area contributed by atoms with Gasteiger partial charge in [0.05, 0.1) is 16.8 Å².